The van der Waals surface area contributed by atoms with Crippen molar-refractivity contribution >= 4 is 5.91 Å². The molecule has 102 valence electrons. The number of carbonyl (C=O) groups excluding carboxylic acids is 1. The number of rotatable bonds is 3. The van der Waals surface area contributed by atoms with Crippen LogP contribution in [0.3, 0.4) is 0 Å². The first-order valence-corrected chi connectivity index (χ1v) is 6.63. The summed E-state index contributed by atoms with van der Waals surface area (Å²) in [4.78, 5) is 15.5. The molecule has 0 spiro atoms. The molecule has 1 aliphatic rings. The number of methoxy groups -OCH3 is 1. The Kier molecular flexibility index (Phi) is 3.37. The van der Waals surface area contributed by atoms with Crippen molar-refractivity contribution < 1.29 is 9.53 Å². The van der Waals surface area contributed by atoms with Gasteiger partial charge in [0.2, 0.25) is 11.8 Å². The minimum atomic E-state index is 0.137. The Morgan fingerprint density at radius 3 is 2.45 bits per heavy atom. The van der Waals surface area contributed by atoms with Crippen molar-refractivity contribution in [3.8, 4) is 17.0 Å². The molecule has 1 aromatic heterocycles. The molecule has 1 amide bonds. The molecule has 1 saturated heterocycles. The van der Waals surface area contributed by atoms with Gasteiger partial charge < -0.3 is 10.1 Å². The second kappa shape index (κ2) is 5.33. The van der Waals surface area contributed by atoms with Crippen molar-refractivity contribution in [2.45, 2.75) is 12.3 Å². The molecule has 0 bridgehead atoms. The van der Waals surface area contributed by atoms with Gasteiger partial charge in [0.25, 0.3) is 0 Å². The molecule has 4 heteroatoms. The average molecular weight is 268 g/mol. The molecule has 4 nitrogen and oxygen atoms in total. The van der Waals surface area contributed by atoms with Gasteiger partial charge in [-0.15, -0.1) is 0 Å². The summed E-state index contributed by atoms with van der Waals surface area (Å²) in [7, 11) is 1.60. The van der Waals surface area contributed by atoms with E-state index in [1.807, 2.05) is 12.1 Å². The maximum absolute atomic E-state index is 11.2. The van der Waals surface area contributed by atoms with Crippen molar-refractivity contribution in [1.29, 1.82) is 0 Å². The molecular formula is C16H16N2O2. The molecule has 0 aliphatic carbocycles. The summed E-state index contributed by atoms with van der Waals surface area (Å²) in [6.07, 6.45) is 2.39. The molecule has 1 N–H and O–H groups in total. The van der Waals surface area contributed by atoms with Crippen LogP contribution in [0.15, 0.2) is 42.6 Å². The van der Waals surface area contributed by atoms with Crippen LogP contribution in [0.4, 0.5) is 0 Å². The van der Waals surface area contributed by atoms with Crippen LogP contribution in [0, 0.1) is 0 Å². The van der Waals surface area contributed by atoms with Crippen LogP contribution >= 0.6 is 0 Å². The summed E-state index contributed by atoms with van der Waals surface area (Å²) in [5.74, 6) is 1.05. The van der Waals surface area contributed by atoms with E-state index in [9.17, 15) is 4.79 Å². The summed E-state index contributed by atoms with van der Waals surface area (Å²) in [6, 6.07) is 12.2. The second-order valence-corrected chi connectivity index (χ2v) is 4.92. The van der Waals surface area contributed by atoms with Gasteiger partial charge in [0.1, 0.15) is 0 Å². The SMILES string of the molecule is COc1ccc(-c2ccc(C3CNC(=O)C3)cc2)cn1. The molecule has 1 unspecified atom stereocenters. The summed E-state index contributed by atoms with van der Waals surface area (Å²) in [5.41, 5.74) is 3.37. The Bertz CT molecular complexity index is 605. The number of aromatic nitrogens is 1. The minimum Gasteiger partial charge on any atom is -0.481 e. The molecule has 20 heavy (non-hydrogen) atoms. The quantitative estimate of drug-likeness (QED) is 0.929. The summed E-state index contributed by atoms with van der Waals surface area (Å²) in [5, 5.41) is 2.86. The molecule has 1 aliphatic heterocycles. The Morgan fingerprint density at radius 2 is 1.90 bits per heavy atom. The molecule has 0 radical (unpaired) electrons. The highest BCUT2D eigenvalue weighted by Gasteiger charge is 2.22. The first-order chi connectivity index (χ1) is 9.76. The van der Waals surface area contributed by atoms with Gasteiger partial charge in [0.05, 0.1) is 7.11 Å². The summed E-state index contributed by atoms with van der Waals surface area (Å²) in [6.45, 7) is 0.738. The van der Waals surface area contributed by atoms with Crippen molar-refractivity contribution in [3.05, 3.63) is 48.2 Å². The molecule has 1 atom stereocenters. The van der Waals surface area contributed by atoms with E-state index in [1.54, 1.807) is 13.3 Å². The van der Waals surface area contributed by atoms with E-state index in [0.29, 0.717) is 18.2 Å². The smallest absolute Gasteiger partial charge is 0.220 e. The van der Waals surface area contributed by atoms with E-state index in [4.69, 9.17) is 4.74 Å². The lowest BCUT2D eigenvalue weighted by Gasteiger charge is -2.09. The molecule has 2 heterocycles. The number of ether oxygens (including phenoxy) is 1. The number of carbonyl (C=O) groups is 1. The fourth-order valence-corrected chi connectivity index (χ4v) is 2.46. The zero-order valence-corrected chi connectivity index (χ0v) is 11.3. The topological polar surface area (TPSA) is 51.2 Å². The molecular weight excluding hydrogens is 252 g/mol. The van der Waals surface area contributed by atoms with E-state index in [0.717, 1.165) is 17.7 Å². The normalized spacial score (nSPS) is 17.9. The molecule has 1 fully saturated rings. The Morgan fingerprint density at radius 1 is 1.15 bits per heavy atom. The zero-order valence-electron chi connectivity index (χ0n) is 11.3. The van der Waals surface area contributed by atoms with Crippen LogP contribution in [0.25, 0.3) is 11.1 Å². The lowest BCUT2D eigenvalue weighted by molar-refractivity contribution is -0.119. The van der Waals surface area contributed by atoms with Crippen LogP contribution in [0.1, 0.15) is 17.9 Å². The van der Waals surface area contributed by atoms with Crippen molar-refractivity contribution in [2.24, 2.45) is 0 Å². The van der Waals surface area contributed by atoms with Gasteiger partial charge in [-0.1, -0.05) is 24.3 Å². The number of hydrogen-bond donors (Lipinski definition) is 1. The minimum absolute atomic E-state index is 0.137. The van der Waals surface area contributed by atoms with Crippen molar-refractivity contribution in [1.82, 2.24) is 10.3 Å². The van der Waals surface area contributed by atoms with Gasteiger partial charge in [-0.3, -0.25) is 4.79 Å². The third kappa shape index (κ3) is 2.50. The summed E-state index contributed by atoms with van der Waals surface area (Å²) >= 11 is 0. The third-order valence-corrected chi connectivity index (χ3v) is 3.64. The average Bonchev–Trinajstić information content (AvgIpc) is 2.94. The Hall–Kier alpha value is -2.36. The molecule has 0 saturated carbocycles. The maximum Gasteiger partial charge on any atom is 0.220 e. The van der Waals surface area contributed by atoms with Gasteiger partial charge in [0, 0.05) is 36.7 Å². The van der Waals surface area contributed by atoms with E-state index in [-0.39, 0.29) is 5.91 Å². The number of pyridine rings is 1. The van der Waals surface area contributed by atoms with E-state index < -0.39 is 0 Å². The maximum atomic E-state index is 11.2. The van der Waals surface area contributed by atoms with Gasteiger partial charge in [0.15, 0.2) is 0 Å². The van der Waals surface area contributed by atoms with Crippen LogP contribution in [-0.2, 0) is 4.79 Å². The van der Waals surface area contributed by atoms with Crippen molar-refractivity contribution in [2.75, 3.05) is 13.7 Å². The number of nitrogens with zero attached hydrogens (tertiary/aromatic N) is 1. The number of benzene rings is 1. The lowest BCUT2D eigenvalue weighted by atomic mass is 9.96. The highest BCUT2D eigenvalue weighted by molar-refractivity contribution is 5.79. The van der Waals surface area contributed by atoms with E-state index in [2.05, 4.69) is 34.6 Å². The summed E-state index contributed by atoms with van der Waals surface area (Å²) < 4.78 is 5.05. The van der Waals surface area contributed by atoms with Crippen LogP contribution in [-0.4, -0.2) is 24.5 Å². The lowest BCUT2D eigenvalue weighted by Crippen LogP contribution is -2.13. The monoisotopic (exact) mass is 268 g/mol. The van der Waals surface area contributed by atoms with E-state index in [1.165, 1.54) is 5.56 Å². The largest absolute Gasteiger partial charge is 0.481 e. The number of hydrogen-bond acceptors (Lipinski definition) is 3. The first-order valence-electron chi connectivity index (χ1n) is 6.63. The Balaban J connectivity index is 1.79. The fraction of sp³-hybridized carbons (Fsp3) is 0.250. The fourth-order valence-electron chi connectivity index (χ4n) is 2.46. The highest BCUT2D eigenvalue weighted by Crippen LogP contribution is 2.26. The number of amides is 1. The predicted molar refractivity (Wildman–Crippen MR) is 76.6 cm³/mol. The van der Waals surface area contributed by atoms with Gasteiger partial charge >= 0.3 is 0 Å². The van der Waals surface area contributed by atoms with Crippen LogP contribution in [0.5, 0.6) is 5.88 Å². The zero-order chi connectivity index (χ0) is 13.9. The second-order valence-electron chi connectivity index (χ2n) is 4.92. The number of nitrogens with one attached hydrogen (secondary N) is 1. The molecule has 3 rings (SSSR count). The first kappa shape index (κ1) is 12.7. The highest BCUT2D eigenvalue weighted by atomic mass is 16.5. The molecule has 1 aromatic carbocycles. The van der Waals surface area contributed by atoms with Crippen LogP contribution in [0.2, 0.25) is 0 Å². The van der Waals surface area contributed by atoms with Gasteiger partial charge in [-0.2, -0.15) is 0 Å². The third-order valence-electron chi connectivity index (χ3n) is 3.64. The van der Waals surface area contributed by atoms with Crippen molar-refractivity contribution in [3.63, 3.8) is 0 Å². The van der Waals surface area contributed by atoms with Crippen LogP contribution < -0.4 is 10.1 Å². The Labute approximate surface area is 117 Å². The predicted octanol–water partition coefficient (Wildman–Crippen LogP) is 2.36. The van der Waals surface area contributed by atoms with Gasteiger partial charge in [-0.05, 0) is 17.2 Å². The van der Waals surface area contributed by atoms with E-state index >= 15 is 0 Å². The molecule has 2 aromatic rings. The standard InChI is InChI=1S/C16H16N2O2/c1-20-16-7-6-13(9-18-16)11-2-4-12(5-3-11)14-8-15(19)17-10-14/h2-7,9,14H,8,10H2,1H3,(H,17,19). The van der Waals surface area contributed by atoms with Gasteiger partial charge in [-0.25, -0.2) is 4.98 Å².